The van der Waals surface area contributed by atoms with Gasteiger partial charge in [0.05, 0.1) is 23.3 Å². The maximum atomic E-state index is 12.8. The molecular weight excluding hydrogens is 514 g/mol. The van der Waals surface area contributed by atoms with Crippen LogP contribution in [0.5, 0.6) is 11.5 Å². The average molecular weight is 532 g/mol. The van der Waals surface area contributed by atoms with E-state index in [0.717, 1.165) is 11.1 Å². The molecule has 0 unspecified atom stereocenters. The van der Waals surface area contributed by atoms with Crippen molar-refractivity contribution in [1.82, 2.24) is 9.99 Å². The molecule has 184 valence electrons. The number of fused-ring (bicyclic) bond motifs is 1. The molecule has 0 atom stereocenters. The van der Waals surface area contributed by atoms with Crippen LogP contribution in [-0.2, 0) is 4.79 Å². The van der Waals surface area contributed by atoms with E-state index in [1.165, 1.54) is 36.0 Å². The lowest BCUT2D eigenvalue weighted by atomic mass is 10.1. The first-order chi connectivity index (χ1) is 17.8. The van der Waals surface area contributed by atoms with Crippen LogP contribution in [0.1, 0.15) is 27.0 Å². The number of nitrogens with one attached hydrogen (secondary N) is 1. The van der Waals surface area contributed by atoms with Crippen LogP contribution in [-0.4, -0.2) is 45.0 Å². The van der Waals surface area contributed by atoms with Crippen LogP contribution in [0.3, 0.4) is 0 Å². The third-order valence-electron chi connectivity index (χ3n) is 5.41. The van der Waals surface area contributed by atoms with E-state index in [1.807, 2.05) is 13.0 Å². The molecule has 1 amide bonds. The summed E-state index contributed by atoms with van der Waals surface area (Å²) in [4.78, 5) is 33.6. The zero-order valence-electron chi connectivity index (χ0n) is 19.6. The van der Waals surface area contributed by atoms with E-state index in [-0.39, 0.29) is 27.9 Å². The van der Waals surface area contributed by atoms with Gasteiger partial charge in [0.1, 0.15) is 5.04 Å². The van der Waals surface area contributed by atoms with Crippen LogP contribution in [0.15, 0.2) is 76.6 Å². The number of ether oxygens (including phenoxy) is 2. The number of amides is 1. The Hall–Kier alpha value is -4.28. The molecule has 0 fully saturated rings. The van der Waals surface area contributed by atoms with Gasteiger partial charge in [-0.1, -0.05) is 29.3 Å². The molecule has 2 aromatic carbocycles. The summed E-state index contributed by atoms with van der Waals surface area (Å²) < 4.78 is 10.9. The Morgan fingerprint density at radius 2 is 1.97 bits per heavy atom. The number of hydrazone groups is 1. The van der Waals surface area contributed by atoms with Crippen molar-refractivity contribution in [1.29, 1.82) is 5.41 Å². The summed E-state index contributed by atoms with van der Waals surface area (Å²) in [5, 5.41) is 15.3. The molecule has 0 aliphatic carbocycles. The summed E-state index contributed by atoms with van der Waals surface area (Å²) >= 11 is 7.63. The first-order valence-corrected chi connectivity index (χ1v) is 12.1. The van der Waals surface area contributed by atoms with E-state index in [1.54, 1.807) is 48.8 Å². The van der Waals surface area contributed by atoms with Crippen molar-refractivity contribution in [2.24, 2.45) is 10.1 Å². The second-order valence-corrected chi connectivity index (χ2v) is 9.32. The molecule has 3 heterocycles. The number of aryl methyl sites for hydroxylation is 1. The van der Waals surface area contributed by atoms with Crippen LogP contribution in [0.2, 0.25) is 5.02 Å². The molecule has 11 heteroatoms. The molecule has 1 aromatic heterocycles. The Balaban J connectivity index is 1.43. The molecule has 0 spiro atoms. The summed E-state index contributed by atoms with van der Waals surface area (Å²) in [6.07, 6.45) is 4.76. The van der Waals surface area contributed by atoms with Crippen molar-refractivity contribution in [3.63, 3.8) is 0 Å². The highest BCUT2D eigenvalue weighted by molar-refractivity contribution is 8.27. The fourth-order valence-electron chi connectivity index (χ4n) is 3.53. The summed E-state index contributed by atoms with van der Waals surface area (Å²) in [6, 6.07) is 13.6. The predicted octanol–water partition coefficient (Wildman–Crippen LogP) is 4.94. The van der Waals surface area contributed by atoms with Gasteiger partial charge in [0.2, 0.25) is 5.17 Å². The lowest BCUT2D eigenvalue weighted by Gasteiger charge is -2.20. The molecule has 2 aliphatic heterocycles. The Labute approximate surface area is 221 Å². The maximum Gasteiger partial charge on any atom is 0.343 e. The molecule has 9 nitrogen and oxygen atoms in total. The second-order valence-electron chi connectivity index (χ2n) is 7.96. The van der Waals surface area contributed by atoms with Gasteiger partial charge in [-0.2, -0.15) is 15.1 Å². The van der Waals surface area contributed by atoms with E-state index in [9.17, 15) is 9.59 Å². The molecule has 2 aliphatic rings. The molecule has 37 heavy (non-hydrogen) atoms. The highest BCUT2D eigenvalue weighted by Gasteiger charge is 2.36. The van der Waals surface area contributed by atoms with Crippen molar-refractivity contribution in [3.05, 3.63) is 93.8 Å². The normalized spacial score (nSPS) is 15.9. The standard InChI is InChI=1S/C26H18ClN5O4S/c1-14-5-7-16(8-6-14)25(34)36-21-19(27)11-15(12-20(21)35-2)10-18-22(28)32-26(30-23(18)33)37-24(31-32)17-4-3-9-29-13-17/h3-13,28H,1-2H3. The Bertz CT molecular complexity index is 1530. The number of pyridine rings is 1. The lowest BCUT2D eigenvalue weighted by Crippen LogP contribution is -2.35. The smallest absolute Gasteiger partial charge is 0.343 e. The lowest BCUT2D eigenvalue weighted by molar-refractivity contribution is -0.114. The maximum absolute atomic E-state index is 12.8. The fourth-order valence-corrected chi connectivity index (χ4v) is 4.67. The van der Waals surface area contributed by atoms with Gasteiger partial charge in [-0.15, -0.1) is 0 Å². The zero-order valence-corrected chi connectivity index (χ0v) is 21.1. The Kier molecular flexibility index (Phi) is 6.60. The molecule has 0 saturated carbocycles. The Morgan fingerprint density at radius 1 is 1.19 bits per heavy atom. The van der Waals surface area contributed by atoms with Gasteiger partial charge >= 0.3 is 5.97 Å². The number of hydrogen-bond donors (Lipinski definition) is 1. The summed E-state index contributed by atoms with van der Waals surface area (Å²) in [5.41, 5.74) is 2.59. The number of esters is 1. The number of nitrogens with zero attached hydrogens (tertiary/aromatic N) is 4. The van der Waals surface area contributed by atoms with Gasteiger partial charge < -0.3 is 9.47 Å². The topological polar surface area (TPSA) is 117 Å². The monoisotopic (exact) mass is 531 g/mol. The number of carbonyl (C=O) groups excluding carboxylic acids is 2. The minimum Gasteiger partial charge on any atom is -0.493 e. The molecule has 3 aromatic rings. The first-order valence-electron chi connectivity index (χ1n) is 10.9. The van der Waals surface area contributed by atoms with Crippen molar-refractivity contribution >= 4 is 57.4 Å². The number of carbonyl (C=O) groups is 2. The SMILES string of the molecule is COc1cc(C=C2C(=N)N3N=C(c4cccnc4)SC3=NC2=O)cc(Cl)c1OC(=O)c1ccc(C)cc1. The second kappa shape index (κ2) is 10.00. The van der Waals surface area contributed by atoms with Crippen molar-refractivity contribution in [3.8, 4) is 11.5 Å². The number of halogens is 1. The van der Waals surface area contributed by atoms with E-state index < -0.39 is 11.9 Å². The summed E-state index contributed by atoms with van der Waals surface area (Å²) in [5.74, 6) is -1.08. The highest BCUT2D eigenvalue weighted by Crippen LogP contribution is 2.38. The van der Waals surface area contributed by atoms with Crippen LogP contribution in [0, 0.1) is 12.3 Å². The number of hydrogen-bond acceptors (Lipinski definition) is 8. The summed E-state index contributed by atoms with van der Waals surface area (Å²) in [7, 11) is 1.41. The minimum absolute atomic E-state index is 0.0167. The van der Waals surface area contributed by atoms with Crippen molar-refractivity contribution in [2.45, 2.75) is 6.92 Å². The largest absolute Gasteiger partial charge is 0.493 e. The first kappa shape index (κ1) is 24.4. The minimum atomic E-state index is -0.591. The number of thioether (sulfide) groups is 1. The van der Waals surface area contributed by atoms with Crippen molar-refractivity contribution < 1.29 is 19.1 Å². The zero-order chi connectivity index (χ0) is 26.1. The summed E-state index contributed by atoms with van der Waals surface area (Å²) in [6.45, 7) is 1.92. The number of aromatic nitrogens is 1. The van der Waals surface area contributed by atoms with Gasteiger partial charge in [0, 0.05) is 18.0 Å². The van der Waals surface area contributed by atoms with Gasteiger partial charge in [-0.25, -0.2) is 4.79 Å². The number of rotatable bonds is 5. The number of benzene rings is 2. The average Bonchev–Trinajstić information content (AvgIpc) is 3.33. The van der Waals surface area contributed by atoms with Crippen molar-refractivity contribution in [2.75, 3.05) is 7.11 Å². The van der Waals surface area contributed by atoms with E-state index >= 15 is 0 Å². The van der Waals surface area contributed by atoms with Gasteiger partial charge in [0.15, 0.2) is 17.3 Å². The van der Waals surface area contributed by atoms with E-state index in [2.05, 4.69) is 15.1 Å². The van der Waals surface area contributed by atoms with Crippen LogP contribution < -0.4 is 9.47 Å². The number of methoxy groups -OCH3 is 1. The predicted molar refractivity (Wildman–Crippen MR) is 142 cm³/mol. The Morgan fingerprint density at radius 3 is 2.68 bits per heavy atom. The molecule has 0 radical (unpaired) electrons. The van der Waals surface area contributed by atoms with E-state index in [4.69, 9.17) is 26.5 Å². The molecule has 0 bridgehead atoms. The number of aliphatic imine (C=N–C) groups is 1. The highest BCUT2D eigenvalue weighted by atomic mass is 35.5. The van der Waals surface area contributed by atoms with E-state index in [0.29, 0.717) is 21.3 Å². The van der Waals surface area contributed by atoms with Gasteiger partial charge in [-0.3, -0.25) is 15.2 Å². The van der Waals surface area contributed by atoms with Gasteiger partial charge in [-0.05, 0) is 66.7 Å². The fraction of sp³-hybridized carbons (Fsp3) is 0.0769. The van der Waals surface area contributed by atoms with Crippen LogP contribution in [0.25, 0.3) is 6.08 Å². The molecular formula is C26H18ClN5O4S. The number of amidine groups is 2. The van der Waals surface area contributed by atoms with Gasteiger partial charge in [0.25, 0.3) is 5.91 Å². The molecule has 5 rings (SSSR count). The molecule has 1 N–H and O–H groups in total. The van der Waals surface area contributed by atoms with Crippen LogP contribution in [0.4, 0.5) is 0 Å². The molecule has 0 saturated heterocycles. The van der Waals surface area contributed by atoms with Crippen LogP contribution >= 0.6 is 23.4 Å². The third-order valence-corrected chi connectivity index (χ3v) is 6.65. The quantitative estimate of drug-likeness (QED) is 0.281. The third kappa shape index (κ3) is 4.89.